The van der Waals surface area contributed by atoms with E-state index in [1.165, 1.54) is 0 Å². The lowest BCUT2D eigenvalue weighted by Gasteiger charge is -2.17. The third kappa shape index (κ3) is 3.58. The number of hydrogen-bond acceptors (Lipinski definition) is 3. The second-order valence-corrected chi connectivity index (χ2v) is 5.45. The molecule has 2 N–H and O–H groups in total. The van der Waals surface area contributed by atoms with Gasteiger partial charge in [-0.3, -0.25) is 4.79 Å². The fourth-order valence-corrected chi connectivity index (χ4v) is 2.37. The van der Waals surface area contributed by atoms with Crippen LogP contribution in [0.4, 0.5) is 0 Å². The fourth-order valence-electron chi connectivity index (χ4n) is 2.03. The van der Waals surface area contributed by atoms with E-state index in [2.05, 4.69) is 26.2 Å². The standard InChI is InChI=1S/C15H17BrN2O3/c1-9(18-15(19)13-6-10(16)8-17-13)12-5-4-11(20-2)7-14(12)21-3/h4-9,17H,1-3H3,(H,18,19). The van der Waals surface area contributed by atoms with Gasteiger partial charge in [-0.1, -0.05) is 0 Å². The molecule has 1 amide bonds. The van der Waals surface area contributed by atoms with E-state index in [-0.39, 0.29) is 11.9 Å². The predicted octanol–water partition coefficient (Wildman–Crippen LogP) is 3.29. The topological polar surface area (TPSA) is 63.3 Å². The lowest BCUT2D eigenvalue weighted by atomic mass is 10.1. The van der Waals surface area contributed by atoms with Crippen molar-refractivity contribution in [2.45, 2.75) is 13.0 Å². The van der Waals surface area contributed by atoms with Crippen LogP contribution < -0.4 is 14.8 Å². The van der Waals surface area contributed by atoms with Crippen LogP contribution in [0.5, 0.6) is 11.5 Å². The molecule has 0 radical (unpaired) electrons. The first-order chi connectivity index (χ1) is 10.0. The molecule has 0 aliphatic carbocycles. The van der Waals surface area contributed by atoms with Gasteiger partial charge in [-0.15, -0.1) is 0 Å². The summed E-state index contributed by atoms with van der Waals surface area (Å²) in [4.78, 5) is 15.0. The highest BCUT2D eigenvalue weighted by atomic mass is 79.9. The first kappa shape index (κ1) is 15.4. The zero-order chi connectivity index (χ0) is 15.4. The number of benzene rings is 1. The van der Waals surface area contributed by atoms with Crippen LogP contribution in [-0.4, -0.2) is 25.1 Å². The Bertz CT molecular complexity index is 640. The number of rotatable bonds is 5. The number of hydrogen-bond donors (Lipinski definition) is 2. The van der Waals surface area contributed by atoms with Gasteiger partial charge in [-0.25, -0.2) is 0 Å². The monoisotopic (exact) mass is 352 g/mol. The van der Waals surface area contributed by atoms with E-state index in [9.17, 15) is 4.79 Å². The fraction of sp³-hybridized carbons (Fsp3) is 0.267. The van der Waals surface area contributed by atoms with Gasteiger partial charge in [0.2, 0.25) is 0 Å². The van der Waals surface area contributed by atoms with Gasteiger partial charge in [0.1, 0.15) is 17.2 Å². The van der Waals surface area contributed by atoms with E-state index in [0.29, 0.717) is 17.2 Å². The maximum atomic E-state index is 12.1. The second kappa shape index (κ2) is 6.67. The van der Waals surface area contributed by atoms with Gasteiger partial charge in [0.25, 0.3) is 5.91 Å². The van der Waals surface area contributed by atoms with E-state index >= 15 is 0 Å². The number of aromatic nitrogens is 1. The Morgan fingerprint density at radius 1 is 1.29 bits per heavy atom. The van der Waals surface area contributed by atoms with E-state index in [0.717, 1.165) is 10.0 Å². The molecule has 5 nitrogen and oxygen atoms in total. The summed E-state index contributed by atoms with van der Waals surface area (Å²) in [5, 5.41) is 2.93. The summed E-state index contributed by atoms with van der Waals surface area (Å²) >= 11 is 3.31. The van der Waals surface area contributed by atoms with Crippen molar-refractivity contribution >= 4 is 21.8 Å². The highest BCUT2D eigenvalue weighted by Gasteiger charge is 2.16. The van der Waals surface area contributed by atoms with Crippen molar-refractivity contribution in [2.24, 2.45) is 0 Å². The van der Waals surface area contributed by atoms with Crippen LogP contribution >= 0.6 is 15.9 Å². The van der Waals surface area contributed by atoms with Crippen molar-refractivity contribution in [1.82, 2.24) is 10.3 Å². The number of methoxy groups -OCH3 is 2. The molecule has 0 aliphatic heterocycles. The number of carbonyl (C=O) groups excluding carboxylic acids is 1. The third-order valence-electron chi connectivity index (χ3n) is 3.15. The molecule has 1 heterocycles. The lowest BCUT2D eigenvalue weighted by Crippen LogP contribution is -2.27. The summed E-state index contributed by atoms with van der Waals surface area (Å²) in [5.74, 6) is 1.21. The summed E-state index contributed by atoms with van der Waals surface area (Å²) < 4.78 is 11.4. The van der Waals surface area contributed by atoms with Crippen molar-refractivity contribution in [3.63, 3.8) is 0 Å². The zero-order valence-corrected chi connectivity index (χ0v) is 13.7. The average molecular weight is 353 g/mol. The first-order valence-electron chi connectivity index (χ1n) is 6.42. The third-order valence-corrected chi connectivity index (χ3v) is 3.60. The molecule has 112 valence electrons. The number of halogens is 1. The van der Waals surface area contributed by atoms with Crippen molar-refractivity contribution in [1.29, 1.82) is 0 Å². The molecular formula is C15H17BrN2O3. The maximum absolute atomic E-state index is 12.1. The van der Waals surface area contributed by atoms with Crippen LogP contribution in [0.15, 0.2) is 34.9 Å². The molecule has 0 spiro atoms. The molecule has 1 atom stereocenters. The van der Waals surface area contributed by atoms with Crippen molar-refractivity contribution in [2.75, 3.05) is 14.2 Å². The lowest BCUT2D eigenvalue weighted by molar-refractivity contribution is 0.0935. The van der Waals surface area contributed by atoms with Crippen LogP contribution in [0.1, 0.15) is 29.0 Å². The summed E-state index contributed by atoms with van der Waals surface area (Å²) in [6.07, 6.45) is 1.72. The molecule has 21 heavy (non-hydrogen) atoms. The van der Waals surface area contributed by atoms with Crippen LogP contribution in [-0.2, 0) is 0 Å². The number of carbonyl (C=O) groups is 1. The molecule has 0 saturated carbocycles. The molecule has 1 aromatic carbocycles. The van der Waals surface area contributed by atoms with E-state index in [4.69, 9.17) is 9.47 Å². The molecule has 6 heteroatoms. The quantitative estimate of drug-likeness (QED) is 0.867. The van der Waals surface area contributed by atoms with Crippen LogP contribution in [0.25, 0.3) is 0 Å². The number of amides is 1. The Balaban J connectivity index is 2.16. The molecule has 2 rings (SSSR count). The Morgan fingerprint density at radius 3 is 2.62 bits per heavy atom. The Hall–Kier alpha value is -1.95. The average Bonchev–Trinajstić information content (AvgIpc) is 2.93. The summed E-state index contributed by atoms with van der Waals surface area (Å²) in [5.41, 5.74) is 1.39. The summed E-state index contributed by atoms with van der Waals surface area (Å²) in [6.45, 7) is 1.90. The molecule has 0 aliphatic rings. The number of aromatic amines is 1. The summed E-state index contributed by atoms with van der Waals surface area (Å²) in [7, 11) is 3.19. The Kier molecular flexibility index (Phi) is 4.90. The van der Waals surface area contributed by atoms with Gasteiger partial charge in [0, 0.05) is 22.3 Å². The number of H-pyrrole nitrogens is 1. The van der Waals surface area contributed by atoms with Crippen LogP contribution in [0, 0.1) is 0 Å². The highest BCUT2D eigenvalue weighted by Crippen LogP contribution is 2.29. The van der Waals surface area contributed by atoms with Gasteiger partial charge in [-0.2, -0.15) is 0 Å². The highest BCUT2D eigenvalue weighted by molar-refractivity contribution is 9.10. The van der Waals surface area contributed by atoms with Crippen LogP contribution in [0.2, 0.25) is 0 Å². The molecule has 1 unspecified atom stereocenters. The maximum Gasteiger partial charge on any atom is 0.268 e. The molecular weight excluding hydrogens is 336 g/mol. The largest absolute Gasteiger partial charge is 0.497 e. The van der Waals surface area contributed by atoms with E-state index in [1.54, 1.807) is 32.5 Å². The molecule has 1 aromatic heterocycles. The normalized spacial score (nSPS) is 11.8. The second-order valence-electron chi connectivity index (χ2n) is 4.53. The predicted molar refractivity (Wildman–Crippen MR) is 83.9 cm³/mol. The smallest absolute Gasteiger partial charge is 0.268 e. The first-order valence-corrected chi connectivity index (χ1v) is 7.21. The minimum atomic E-state index is -0.194. The van der Waals surface area contributed by atoms with Gasteiger partial charge in [0.15, 0.2) is 0 Å². The van der Waals surface area contributed by atoms with E-state index < -0.39 is 0 Å². The van der Waals surface area contributed by atoms with Gasteiger partial charge in [0.05, 0.1) is 20.3 Å². The SMILES string of the molecule is COc1ccc(C(C)NC(=O)c2cc(Br)c[nH]2)c(OC)c1. The van der Waals surface area contributed by atoms with E-state index in [1.807, 2.05) is 19.1 Å². The molecule has 0 bridgehead atoms. The van der Waals surface area contributed by atoms with Gasteiger partial charge < -0.3 is 19.8 Å². The minimum absolute atomic E-state index is 0.175. The summed E-state index contributed by atoms with van der Waals surface area (Å²) in [6, 6.07) is 7.05. The molecule has 2 aromatic rings. The molecule has 0 fully saturated rings. The van der Waals surface area contributed by atoms with Crippen molar-refractivity contribution < 1.29 is 14.3 Å². The Morgan fingerprint density at radius 2 is 2.05 bits per heavy atom. The van der Waals surface area contributed by atoms with Gasteiger partial charge in [-0.05, 0) is 41.1 Å². The minimum Gasteiger partial charge on any atom is -0.497 e. The zero-order valence-electron chi connectivity index (χ0n) is 12.1. The van der Waals surface area contributed by atoms with Gasteiger partial charge >= 0.3 is 0 Å². The number of ether oxygens (including phenoxy) is 2. The Labute approximate surface area is 131 Å². The van der Waals surface area contributed by atoms with Crippen molar-refractivity contribution in [3.8, 4) is 11.5 Å². The molecule has 0 saturated heterocycles. The van der Waals surface area contributed by atoms with Crippen molar-refractivity contribution in [3.05, 3.63) is 46.2 Å². The number of nitrogens with one attached hydrogen (secondary N) is 2. The van der Waals surface area contributed by atoms with Crippen LogP contribution in [0.3, 0.4) is 0 Å².